The van der Waals surface area contributed by atoms with Crippen molar-refractivity contribution in [1.82, 2.24) is 0 Å². The molecule has 0 atom stereocenters. The lowest BCUT2D eigenvalue weighted by molar-refractivity contribution is -0.115. The fraction of sp³-hybridized carbons (Fsp3) is 0.667. The lowest BCUT2D eigenvalue weighted by Gasteiger charge is -1.60. The minimum Gasteiger partial charge on any atom is -0.370 e. The lowest BCUT2D eigenvalue weighted by atomic mass is 10.8. The molecule has 0 saturated heterocycles. The lowest BCUT2D eigenvalue weighted by Crippen LogP contribution is -2.01. The predicted octanol–water partition coefficient (Wildman–Crippen LogP) is 0.459. The summed E-state index contributed by atoms with van der Waals surface area (Å²) in [5.74, 6) is -0.333. The van der Waals surface area contributed by atoms with E-state index >= 15 is 0 Å². The highest BCUT2D eigenvalue weighted by Gasteiger charge is 1.61. The molecule has 2 nitrogen and oxygen atoms in total. The normalized spacial score (nSPS) is 4.43. The molecule has 0 saturated carbocycles. The van der Waals surface area contributed by atoms with Crippen molar-refractivity contribution < 1.29 is 4.79 Å². The van der Waals surface area contributed by atoms with E-state index in [2.05, 4.69) is 18.4 Å². The molecular formula is C3H10ClNOS. The summed E-state index contributed by atoms with van der Waals surface area (Å²) >= 11 is 3.53. The summed E-state index contributed by atoms with van der Waals surface area (Å²) in [5, 5.41) is 0. The van der Waals surface area contributed by atoms with Crippen LogP contribution in [-0.4, -0.2) is 12.2 Å². The van der Waals surface area contributed by atoms with Crippen molar-refractivity contribution in [2.24, 2.45) is 5.73 Å². The molecule has 46 valence electrons. The summed E-state index contributed by atoms with van der Waals surface area (Å²) in [6, 6.07) is 0. The number of amides is 1. The third-order valence-corrected chi connectivity index (χ3v) is 0. The Morgan fingerprint density at radius 1 is 1.57 bits per heavy atom. The highest BCUT2D eigenvalue weighted by atomic mass is 35.5. The van der Waals surface area contributed by atoms with Crippen molar-refractivity contribution in [2.75, 3.05) is 6.26 Å². The van der Waals surface area contributed by atoms with Crippen molar-refractivity contribution in [3.63, 3.8) is 0 Å². The molecule has 0 fully saturated rings. The van der Waals surface area contributed by atoms with Gasteiger partial charge in [0.05, 0.1) is 0 Å². The highest BCUT2D eigenvalue weighted by Crippen LogP contribution is 1.33. The summed E-state index contributed by atoms with van der Waals surface area (Å²) in [4.78, 5) is 9.22. The zero-order valence-electron chi connectivity index (χ0n) is 4.34. The van der Waals surface area contributed by atoms with Crippen LogP contribution in [-0.2, 0) is 4.79 Å². The number of rotatable bonds is 0. The molecule has 0 aromatic rings. The summed E-state index contributed by atoms with van der Waals surface area (Å²) in [6.45, 7) is 1.31. The number of nitrogens with two attached hydrogens (primary N) is 1. The van der Waals surface area contributed by atoms with Crippen molar-refractivity contribution >= 4 is 30.9 Å². The summed E-state index contributed by atoms with van der Waals surface area (Å²) in [7, 11) is 0. The Kier molecular flexibility index (Phi) is 37.0. The molecule has 2 N–H and O–H groups in total. The van der Waals surface area contributed by atoms with Gasteiger partial charge in [0.2, 0.25) is 5.91 Å². The zero-order valence-corrected chi connectivity index (χ0v) is 6.05. The van der Waals surface area contributed by atoms with Crippen molar-refractivity contribution in [2.45, 2.75) is 6.92 Å². The Hall–Kier alpha value is 0.110. The first-order valence-electron chi connectivity index (χ1n) is 1.44. The largest absolute Gasteiger partial charge is 0.370 e. The van der Waals surface area contributed by atoms with Crippen molar-refractivity contribution in [3.05, 3.63) is 0 Å². The maximum atomic E-state index is 9.22. The molecule has 0 aromatic heterocycles. The maximum absolute atomic E-state index is 9.22. The van der Waals surface area contributed by atoms with E-state index in [0.717, 1.165) is 0 Å². The smallest absolute Gasteiger partial charge is 0.214 e. The van der Waals surface area contributed by atoms with E-state index in [1.165, 1.54) is 6.92 Å². The van der Waals surface area contributed by atoms with E-state index in [1.807, 2.05) is 0 Å². The first-order chi connectivity index (χ1) is 2.73. The van der Waals surface area contributed by atoms with E-state index in [0.29, 0.717) is 0 Å². The maximum Gasteiger partial charge on any atom is 0.214 e. The third-order valence-electron chi connectivity index (χ3n) is 0. The van der Waals surface area contributed by atoms with E-state index in [1.54, 1.807) is 6.26 Å². The van der Waals surface area contributed by atoms with Crippen LogP contribution in [0, 0.1) is 0 Å². The molecule has 0 aliphatic rings. The highest BCUT2D eigenvalue weighted by molar-refractivity contribution is 7.79. The first-order valence-corrected chi connectivity index (χ1v) is 2.33. The second-order valence-electron chi connectivity index (χ2n) is 0.611. The van der Waals surface area contributed by atoms with Crippen LogP contribution in [0.15, 0.2) is 0 Å². The van der Waals surface area contributed by atoms with Crippen LogP contribution in [0.3, 0.4) is 0 Å². The van der Waals surface area contributed by atoms with E-state index < -0.39 is 0 Å². The van der Waals surface area contributed by atoms with Gasteiger partial charge in [-0.3, -0.25) is 4.79 Å². The van der Waals surface area contributed by atoms with Crippen LogP contribution >= 0.6 is 25.0 Å². The Morgan fingerprint density at radius 2 is 1.57 bits per heavy atom. The van der Waals surface area contributed by atoms with E-state index in [4.69, 9.17) is 0 Å². The summed E-state index contributed by atoms with van der Waals surface area (Å²) in [5.41, 5.74) is 4.47. The van der Waals surface area contributed by atoms with Crippen molar-refractivity contribution in [3.8, 4) is 0 Å². The van der Waals surface area contributed by atoms with Gasteiger partial charge in [-0.05, 0) is 6.26 Å². The monoisotopic (exact) mass is 143 g/mol. The fourth-order valence-electron chi connectivity index (χ4n) is 0. The van der Waals surface area contributed by atoms with Crippen LogP contribution in [0.2, 0.25) is 0 Å². The van der Waals surface area contributed by atoms with Gasteiger partial charge in [0.15, 0.2) is 0 Å². The molecule has 0 aliphatic heterocycles. The average molecular weight is 144 g/mol. The number of thiol groups is 1. The molecule has 0 heterocycles. The van der Waals surface area contributed by atoms with E-state index in [-0.39, 0.29) is 18.3 Å². The topological polar surface area (TPSA) is 43.1 Å². The Bertz CT molecular complexity index is 37.9. The SMILES string of the molecule is CC(N)=O.CS.Cl. The Morgan fingerprint density at radius 3 is 1.57 bits per heavy atom. The number of halogens is 1. The Balaban J connectivity index is -0.0000000480. The van der Waals surface area contributed by atoms with Gasteiger partial charge in [-0.1, -0.05) is 0 Å². The number of carbonyl (C=O) groups is 1. The molecule has 7 heavy (non-hydrogen) atoms. The number of hydrogen-bond acceptors (Lipinski definition) is 2. The third kappa shape index (κ3) is 8530. The molecule has 0 radical (unpaired) electrons. The molecule has 0 bridgehead atoms. The summed E-state index contributed by atoms with van der Waals surface area (Å²) < 4.78 is 0. The van der Waals surface area contributed by atoms with E-state index in [9.17, 15) is 4.79 Å². The van der Waals surface area contributed by atoms with Gasteiger partial charge in [0, 0.05) is 6.92 Å². The second kappa shape index (κ2) is 16.5. The van der Waals surface area contributed by atoms with Crippen LogP contribution in [0.4, 0.5) is 0 Å². The van der Waals surface area contributed by atoms with Crippen LogP contribution in [0.1, 0.15) is 6.92 Å². The fourth-order valence-corrected chi connectivity index (χ4v) is 0. The van der Waals surface area contributed by atoms with Gasteiger partial charge in [-0.25, -0.2) is 0 Å². The van der Waals surface area contributed by atoms with Crippen LogP contribution < -0.4 is 5.73 Å². The van der Waals surface area contributed by atoms with Gasteiger partial charge < -0.3 is 5.73 Å². The van der Waals surface area contributed by atoms with Gasteiger partial charge in [0.25, 0.3) is 0 Å². The first kappa shape index (κ1) is 15.7. The molecule has 4 heteroatoms. The Labute approximate surface area is 55.3 Å². The van der Waals surface area contributed by atoms with Gasteiger partial charge in [0.1, 0.15) is 0 Å². The van der Waals surface area contributed by atoms with Gasteiger partial charge >= 0.3 is 0 Å². The summed E-state index contributed by atoms with van der Waals surface area (Å²) in [6.07, 6.45) is 1.69. The average Bonchev–Trinajstić information content (AvgIpc) is 1.41. The molecular weight excluding hydrogens is 134 g/mol. The molecule has 1 amide bonds. The predicted molar refractivity (Wildman–Crippen MR) is 37.0 cm³/mol. The molecule has 0 unspecified atom stereocenters. The number of primary amides is 1. The number of carbonyl (C=O) groups excluding carboxylic acids is 1. The van der Waals surface area contributed by atoms with Gasteiger partial charge in [-0.2, -0.15) is 12.6 Å². The minimum atomic E-state index is -0.333. The molecule has 0 spiro atoms. The van der Waals surface area contributed by atoms with Crippen molar-refractivity contribution in [1.29, 1.82) is 0 Å². The van der Waals surface area contributed by atoms with Crippen LogP contribution in [0.5, 0.6) is 0 Å². The number of hydrogen-bond donors (Lipinski definition) is 2. The minimum absolute atomic E-state index is 0. The second-order valence-corrected chi connectivity index (χ2v) is 0.611. The van der Waals surface area contributed by atoms with Crippen LogP contribution in [0.25, 0.3) is 0 Å². The van der Waals surface area contributed by atoms with Gasteiger partial charge in [-0.15, -0.1) is 12.4 Å². The molecule has 0 aromatic carbocycles. The zero-order chi connectivity index (χ0) is 5.58. The molecule has 0 rings (SSSR count). The standard InChI is InChI=1S/C2H5NO.CH4S.ClH/c1-2(3)4;1-2;/h1H3,(H2,3,4);2H,1H3;1H. The molecule has 0 aliphatic carbocycles. The quantitative estimate of drug-likeness (QED) is 0.476.